The summed E-state index contributed by atoms with van der Waals surface area (Å²) in [6.07, 6.45) is 0.810. The second kappa shape index (κ2) is 6.64. The Kier molecular flexibility index (Phi) is 5.08. The number of H-pyrrole nitrogens is 1. The molecule has 0 aliphatic carbocycles. The van der Waals surface area contributed by atoms with E-state index in [-0.39, 0.29) is 12.0 Å². The zero-order valence-corrected chi connectivity index (χ0v) is 13.9. The van der Waals surface area contributed by atoms with E-state index in [4.69, 9.17) is 0 Å². The van der Waals surface area contributed by atoms with Crippen molar-refractivity contribution in [2.24, 2.45) is 5.92 Å². The van der Waals surface area contributed by atoms with Crippen molar-refractivity contribution in [1.29, 1.82) is 0 Å². The van der Waals surface area contributed by atoms with E-state index in [1.54, 1.807) is 0 Å². The highest BCUT2D eigenvalue weighted by Gasteiger charge is 2.12. The van der Waals surface area contributed by atoms with Gasteiger partial charge in [-0.3, -0.25) is 4.79 Å². The summed E-state index contributed by atoms with van der Waals surface area (Å²) in [5.41, 5.74) is 0.793. The van der Waals surface area contributed by atoms with Crippen LogP contribution in [0.25, 0.3) is 0 Å². The van der Waals surface area contributed by atoms with Gasteiger partial charge in [-0.2, -0.15) is 0 Å². The van der Waals surface area contributed by atoms with Crippen LogP contribution in [0.2, 0.25) is 0 Å². The predicted octanol–water partition coefficient (Wildman–Crippen LogP) is 3.44. The Hall–Kier alpha value is -1.31. The molecule has 2 aromatic rings. The first kappa shape index (κ1) is 16.1. The van der Waals surface area contributed by atoms with Crippen LogP contribution in [0.5, 0.6) is 0 Å². The summed E-state index contributed by atoms with van der Waals surface area (Å²) in [6, 6.07) is 3.39. The molecule has 1 aromatic heterocycles. The van der Waals surface area contributed by atoms with Gasteiger partial charge in [0.1, 0.15) is 17.5 Å². The molecule has 112 valence electrons. The zero-order valence-electron chi connectivity index (χ0n) is 11.7. The van der Waals surface area contributed by atoms with Gasteiger partial charge in [-0.05, 0) is 46.6 Å². The third kappa shape index (κ3) is 4.09. The van der Waals surface area contributed by atoms with E-state index < -0.39 is 11.6 Å². The predicted molar refractivity (Wildman–Crippen MR) is 85.3 cm³/mol. The Morgan fingerprint density at radius 2 is 2.05 bits per heavy atom. The lowest BCUT2D eigenvalue weighted by Crippen LogP contribution is -2.19. The van der Waals surface area contributed by atoms with Crippen LogP contribution < -0.4 is 5.56 Å². The maximum atomic E-state index is 13.7. The van der Waals surface area contributed by atoms with E-state index >= 15 is 0 Å². The van der Waals surface area contributed by atoms with Crippen LogP contribution in [0.1, 0.15) is 30.9 Å². The molecule has 0 fully saturated rings. The maximum Gasteiger partial charge on any atom is 0.264 e. The minimum Gasteiger partial charge on any atom is -0.309 e. The number of aromatic amines is 1. The number of nitrogens with one attached hydrogen (secondary N) is 1. The molecule has 0 radical (unpaired) electrons. The molecular formula is C15H15F2IN2O. The van der Waals surface area contributed by atoms with Crippen molar-refractivity contribution in [1.82, 2.24) is 9.97 Å². The van der Waals surface area contributed by atoms with Crippen LogP contribution in [-0.2, 0) is 12.8 Å². The van der Waals surface area contributed by atoms with Crippen molar-refractivity contribution in [3.63, 3.8) is 0 Å². The average Bonchev–Trinajstić information content (AvgIpc) is 2.38. The molecule has 0 aliphatic rings. The SMILES string of the molecule is CC(C)Cc1nc(Cc2ccc(F)cc2F)[nH]c(=O)c1I. The van der Waals surface area contributed by atoms with Crippen LogP contribution in [0, 0.1) is 21.1 Å². The second-order valence-corrected chi connectivity index (χ2v) is 6.36. The Balaban J connectivity index is 2.36. The largest absolute Gasteiger partial charge is 0.309 e. The topological polar surface area (TPSA) is 45.8 Å². The van der Waals surface area contributed by atoms with Crippen LogP contribution in [0.4, 0.5) is 8.78 Å². The molecule has 0 aliphatic heterocycles. The smallest absolute Gasteiger partial charge is 0.264 e. The van der Waals surface area contributed by atoms with Crippen LogP contribution in [0.15, 0.2) is 23.0 Å². The number of aromatic nitrogens is 2. The van der Waals surface area contributed by atoms with Crippen molar-refractivity contribution >= 4 is 22.6 Å². The van der Waals surface area contributed by atoms with Gasteiger partial charge in [-0.25, -0.2) is 13.8 Å². The molecule has 2 rings (SSSR count). The van der Waals surface area contributed by atoms with Gasteiger partial charge in [0.2, 0.25) is 0 Å². The average molecular weight is 404 g/mol. The molecule has 1 heterocycles. The fourth-order valence-corrected chi connectivity index (χ4v) is 2.48. The first-order valence-corrected chi connectivity index (χ1v) is 7.66. The molecule has 21 heavy (non-hydrogen) atoms. The number of rotatable bonds is 4. The molecule has 1 aromatic carbocycles. The molecule has 6 heteroatoms. The maximum absolute atomic E-state index is 13.7. The molecular weight excluding hydrogens is 389 g/mol. The number of hydrogen-bond donors (Lipinski definition) is 1. The first-order chi connectivity index (χ1) is 9.86. The van der Waals surface area contributed by atoms with Gasteiger partial charge in [-0.15, -0.1) is 0 Å². The minimum absolute atomic E-state index is 0.128. The van der Waals surface area contributed by atoms with Gasteiger partial charge in [0.25, 0.3) is 5.56 Å². The van der Waals surface area contributed by atoms with Crippen molar-refractivity contribution in [3.05, 3.63) is 60.8 Å². The van der Waals surface area contributed by atoms with Gasteiger partial charge in [-0.1, -0.05) is 19.9 Å². The van der Waals surface area contributed by atoms with Crippen LogP contribution in [-0.4, -0.2) is 9.97 Å². The highest BCUT2D eigenvalue weighted by atomic mass is 127. The minimum atomic E-state index is -0.637. The molecule has 0 saturated heterocycles. The van der Waals surface area contributed by atoms with Gasteiger partial charge >= 0.3 is 0 Å². The Bertz CT molecular complexity index is 713. The highest BCUT2D eigenvalue weighted by Crippen LogP contribution is 2.15. The lowest BCUT2D eigenvalue weighted by molar-refractivity contribution is 0.572. The fourth-order valence-electron chi connectivity index (χ4n) is 2.01. The lowest BCUT2D eigenvalue weighted by atomic mass is 10.1. The fraction of sp³-hybridized carbons (Fsp3) is 0.333. The van der Waals surface area contributed by atoms with E-state index in [1.807, 2.05) is 36.4 Å². The van der Waals surface area contributed by atoms with Crippen molar-refractivity contribution < 1.29 is 8.78 Å². The van der Waals surface area contributed by atoms with Crippen molar-refractivity contribution in [3.8, 4) is 0 Å². The molecule has 1 N–H and O–H groups in total. The standard InChI is InChI=1S/C15H15F2IN2O/c1-8(2)5-12-14(18)15(21)20-13(19-12)6-9-3-4-10(16)7-11(9)17/h3-4,7-8H,5-6H2,1-2H3,(H,19,20,21). The quantitative estimate of drug-likeness (QED) is 0.794. The summed E-state index contributed by atoms with van der Waals surface area (Å²) in [5, 5.41) is 0. The highest BCUT2D eigenvalue weighted by molar-refractivity contribution is 14.1. The molecule has 0 spiro atoms. The van der Waals surface area contributed by atoms with Gasteiger partial charge in [0.15, 0.2) is 0 Å². The lowest BCUT2D eigenvalue weighted by Gasteiger charge is -2.09. The number of benzene rings is 1. The molecule has 0 unspecified atom stereocenters. The Labute approximate surface area is 135 Å². The molecule has 0 amide bonds. The monoisotopic (exact) mass is 404 g/mol. The summed E-state index contributed by atoms with van der Waals surface area (Å²) in [5.74, 6) is -0.507. The zero-order chi connectivity index (χ0) is 15.6. The molecule has 0 bridgehead atoms. The Morgan fingerprint density at radius 3 is 2.67 bits per heavy atom. The van der Waals surface area contributed by atoms with Gasteiger partial charge in [0, 0.05) is 12.5 Å². The van der Waals surface area contributed by atoms with Crippen LogP contribution in [0.3, 0.4) is 0 Å². The van der Waals surface area contributed by atoms with E-state index in [0.29, 0.717) is 33.0 Å². The summed E-state index contributed by atoms with van der Waals surface area (Å²) in [7, 11) is 0. The number of halogens is 3. The second-order valence-electron chi connectivity index (χ2n) is 5.28. The first-order valence-electron chi connectivity index (χ1n) is 6.58. The normalized spacial score (nSPS) is 11.1. The van der Waals surface area contributed by atoms with Crippen molar-refractivity contribution in [2.75, 3.05) is 0 Å². The Morgan fingerprint density at radius 1 is 1.33 bits per heavy atom. The van der Waals surface area contributed by atoms with E-state index in [1.165, 1.54) is 12.1 Å². The van der Waals surface area contributed by atoms with E-state index in [2.05, 4.69) is 9.97 Å². The summed E-state index contributed by atoms with van der Waals surface area (Å²) >= 11 is 1.97. The summed E-state index contributed by atoms with van der Waals surface area (Å²) in [4.78, 5) is 19.0. The van der Waals surface area contributed by atoms with Crippen LogP contribution >= 0.6 is 22.6 Å². The van der Waals surface area contributed by atoms with Gasteiger partial charge in [0.05, 0.1) is 9.26 Å². The summed E-state index contributed by atoms with van der Waals surface area (Å²) < 4.78 is 27.1. The van der Waals surface area contributed by atoms with E-state index in [0.717, 1.165) is 6.07 Å². The number of hydrogen-bond acceptors (Lipinski definition) is 2. The third-order valence-electron chi connectivity index (χ3n) is 2.96. The van der Waals surface area contributed by atoms with E-state index in [9.17, 15) is 13.6 Å². The molecule has 0 saturated carbocycles. The van der Waals surface area contributed by atoms with Gasteiger partial charge < -0.3 is 4.98 Å². The summed E-state index contributed by atoms with van der Waals surface area (Å²) in [6.45, 7) is 4.08. The third-order valence-corrected chi connectivity index (χ3v) is 4.07. The molecule has 3 nitrogen and oxygen atoms in total. The number of nitrogens with zero attached hydrogens (tertiary/aromatic N) is 1. The molecule has 0 atom stereocenters. The van der Waals surface area contributed by atoms with Crippen molar-refractivity contribution in [2.45, 2.75) is 26.7 Å².